The Morgan fingerprint density at radius 1 is 1.24 bits per heavy atom. The predicted octanol–water partition coefficient (Wildman–Crippen LogP) is 0.475. The number of amides is 1. The third kappa shape index (κ3) is 4.67. The molecule has 0 aromatic heterocycles. The van der Waals surface area contributed by atoms with Gasteiger partial charge in [-0.15, -0.1) is 0 Å². The fraction of sp³-hybridized carbons (Fsp3) is 0.545. The molecule has 2 N–H and O–H groups in total. The van der Waals surface area contributed by atoms with E-state index in [0.29, 0.717) is 0 Å². The normalized spacial score (nSPS) is 13.4. The number of carboxylic acid groups (broad SMARTS) is 1. The molecule has 1 amide bonds. The van der Waals surface area contributed by atoms with Crippen LogP contribution in [0.1, 0.15) is 27.7 Å². The fourth-order valence-electron chi connectivity index (χ4n) is 0.962. The van der Waals surface area contributed by atoms with Gasteiger partial charge in [0.05, 0.1) is 6.61 Å². The molecular formula is C11H17NO5. The highest BCUT2D eigenvalue weighted by Crippen LogP contribution is 2.04. The van der Waals surface area contributed by atoms with E-state index >= 15 is 0 Å². The largest absolute Gasteiger partial charge is 0.478 e. The highest BCUT2D eigenvalue weighted by atomic mass is 16.5. The van der Waals surface area contributed by atoms with E-state index in [-0.39, 0.29) is 17.8 Å². The number of hydrogen-bond acceptors (Lipinski definition) is 4. The molecule has 0 aromatic carbocycles. The zero-order valence-corrected chi connectivity index (χ0v) is 10.4. The van der Waals surface area contributed by atoms with Crippen molar-refractivity contribution in [2.24, 2.45) is 0 Å². The summed E-state index contributed by atoms with van der Waals surface area (Å²) in [7, 11) is 0. The second kappa shape index (κ2) is 6.67. The first-order chi connectivity index (χ1) is 7.81. The highest BCUT2D eigenvalue weighted by Gasteiger charge is 2.19. The number of hydrogen-bond donors (Lipinski definition) is 2. The van der Waals surface area contributed by atoms with Gasteiger partial charge in [-0.2, -0.15) is 0 Å². The number of rotatable bonds is 5. The van der Waals surface area contributed by atoms with Crippen molar-refractivity contribution in [1.82, 2.24) is 5.32 Å². The maximum absolute atomic E-state index is 11.6. The molecule has 0 spiro atoms. The van der Waals surface area contributed by atoms with Crippen LogP contribution >= 0.6 is 0 Å². The van der Waals surface area contributed by atoms with Gasteiger partial charge in [0.15, 0.2) is 0 Å². The first-order valence-corrected chi connectivity index (χ1v) is 5.19. The Kier molecular flexibility index (Phi) is 5.95. The van der Waals surface area contributed by atoms with Crippen LogP contribution in [0.5, 0.6) is 0 Å². The first kappa shape index (κ1) is 15.2. The Morgan fingerprint density at radius 2 is 1.76 bits per heavy atom. The molecule has 6 nitrogen and oxygen atoms in total. The van der Waals surface area contributed by atoms with Crippen molar-refractivity contribution in [2.45, 2.75) is 33.7 Å². The zero-order chi connectivity index (χ0) is 13.6. The number of carbonyl (C=O) groups is 3. The average Bonchev–Trinajstić information content (AvgIpc) is 2.26. The van der Waals surface area contributed by atoms with E-state index in [1.165, 1.54) is 20.8 Å². The van der Waals surface area contributed by atoms with Crippen LogP contribution in [0.4, 0.5) is 0 Å². The monoisotopic (exact) mass is 243 g/mol. The summed E-state index contributed by atoms with van der Waals surface area (Å²) in [6.45, 7) is 6.07. The summed E-state index contributed by atoms with van der Waals surface area (Å²) >= 11 is 0. The molecule has 0 radical (unpaired) electrons. The minimum absolute atomic E-state index is 0.0569. The predicted molar refractivity (Wildman–Crippen MR) is 60.2 cm³/mol. The van der Waals surface area contributed by atoms with Crippen molar-refractivity contribution >= 4 is 17.8 Å². The number of ether oxygens (including phenoxy) is 1. The minimum atomic E-state index is -1.17. The van der Waals surface area contributed by atoms with E-state index < -0.39 is 23.9 Å². The third-order valence-corrected chi connectivity index (χ3v) is 2.21. The Balaban J connectivity index is 4.61. The van der Waals surface area contributed by atoms with Crippen molar-refractivity contribution in [2.75, 3.05) is 6.61 Å². The lowest BCUT2D eigenvalue weighted by Crippen LogP contribution is -2.40. The van der Waals surface area contributed by atoms with Crippen molar-refractivity contribution in [3.8, 4) is 0 Å². The van der Waals surface area contributed by atoms with Crippen LogP contribution < -0.4 is 5.32 Å². The van der Waals surface area contributed by atoms with Crippen LogP contribution in [0.15, 0.2) is 11.1 Å². The molecule has 0 aliphatic heterocycles. The molecule has 17 heavy (non-hydrogen) atoms. The highest BCUT2D eigenvalue weighted by molar-refractivity contribution is 6.02. The third-order valence-electron chi connectivity index (χ3n) is 2.21. The van der Waals surface area contributed by atoms with Crippen LogP contribution in [-0.2, 0) is 19.1 Å². The van der Waals surface area contributed by atoms with Gasteiger partial charge < -0.3 is 15.2 Å². The molecule has 0 aromatic rings. The number of nitrogens with one attached hydrogen (secondary N) is 1. The molecule has 0 bridgehead atoms. The molecule has 96 valence electrons. The summed E-state index contributed by atoms with van der Waals surface area (Å²) < 4.78 is 4.71. The van der Waals surface area contributed by atoms with E-state index in [2.05, 4.69) is 5.32 Å². The van der Waals surface area contributed by atoms with Gasteiger partial charge in [0.25, 0.3) is 0 Å². The molecule has 0 aliphatic rings. The van der Waals surface area contributed by atoms with E-state index in [4.69, 9.17) is 9.84 Å². The Labute approximate surface area is 99.6 Å². The molecule has 0 saturated carbocycles. The lowest BCUT2D eigenvalue weighted by molar-refractivity contribution is -0.146. The second-order valence-electron chi connectivity index (χ2n) is 3.50. The minimum Gasteiger partial charge on any atom is -0.478 e. The van der Waals surface area contributed by atoms with Gasteiger partial charge >= 0.3 is 11.9 Å². The smallest absolute Gasteiger partial charge is 0.331 e. The van der Waals surface area contributed by atoms with Gasteiger partial charge in [0.1, 0.15) is 6.04 Å². The summed E-state index contributed by atoms with van der Waals surface area (Å²) in [6, 6.07) is -0.806. The van der Waals surface area contributed by atoms with Gasteiger partial charge in [-0.1, -0.05) is 0 Å². The molecule has 1 atom stereocenters. The van der Waals surface area contributed by atoms with Crippen molar-refractivity contribution in [1.29, 1.82) is 0 Å². The SMILES string of the molecule is CCOC(=O)C(C)NC(=O)C(C)=C(C)C(=O)O. The lowest BCUT2D eigenvalue weighted by Gasteiger charge is -2.13. The fourth-order valence-corrected chi connectivity index (χ4v) is 0.962. The van der Waals surface area contributed by atoms with Gasteiger partial charge in [0.2, 0.25) is 5.91 Å². The summed E-state index contributed by atoms with van der Waals surface area (Å²) in [5.74, 6) is -2.31. The van der Waals surface area contributed by atoms with E-state index in [1.54, 1.807) is 6.92 Å². The van der Waals surface area contributed by atoms with E-state index in [1.807, 2.05) is 0 Å². The van der Waals surface area contributed by atoms with Gasteiger partial charge in [-0.25, -0.2) is 9.59 Å². The van der Waals surface area contributed by atoms with Gasteiger partial charge in [0, 0.05) is 11.1 Å². The maximum Gasteiger partial charge on any atom is 0.331 e. The van der Waals surface area contributed by atoms with Crippen molar-refractivity contribution in [3.63, 3.8) is 0 Å². The molecule has 0 rings (SSSR count). The summed E-state index contributed by atoms with van der Waals surface area (Å²) in [5.41, 5.74) is 0.00667. The van der Waals surface area contributed by atoms with Crippen LogP contribution in [0, 0.1) is 0 Å². The van der Waals surface area contributed by atoms with E-state index in [9.17, 15) is 14.4 Å². The second-order valence-corrected chi connectivity index (χ2v) is 3.50. The zero-order valence-electron chi connectivity index (χ0n) is 10.4. The van der Waals surface area contributed by atoms with E-state index in [0.717, 1.165) is 0 Å². The number of carboxylic acids is 1. The molecule has 0 aliphatic carbocycles. The lowest BCUT2D eigenvalue weighted by atomic mass is 10.1. The first-order valence-electron chi connectivity index (χ1n) is 5.19. The van der Waals surface area contributed by atoms with Gasteiger partial charge in [-0.3, -0.25) is 4.79 Å². The molecular weight excluding hydrogens is 226 g/mol. The molecule has 6 heteroatoms. The van der Waals surface area contributed by atoms with Crippen molar-refractivity contribution in [3.05, 3.63) is 11.1 Å². The molecule has 0 fully saturated rings. The molecule has 0 saturated heterocycles. The summed E-state index contributed by atoms with van der Waals surface area (Å²) in [4.78, 5) is 33.4. The van der Waals surface area contributed by atoms with Crippen LogP contribution in [-0.4, -0.2) is 35.6 Å². The average molecular weight is 243 g/mol. The van der Waals surface area contributed by atoms with Crippen LogP contribution in [0.3, 0.4) is 0 Å². The molecule has 0 heterocycles. The quantitative estimate of drug-likeness (QED) is 0.541. The van der Waals surface area contributed by atoms with Crippen molar-refractivity contribution < 1.29 is 24.2 Å². The number of aliphatic carboxylic acids is 1. The Bertz CT molecular complexity index is 359. The number of esters is 1. The summed E-state index contributed by atoms with van der Waals surface area (Å²) in [5, 5.41) is 11.1. The Morgan fingerprint density at radius 3 is 2.18 bits per heavy atom. The topological polar surface area (TPSA) is 92.7 Å². The van der Waals surface area contributed by atoms with Crippen LogP contribution in [0.2, 0.25) is 0 Å². The molecule has 1 unspecified atom stereocenters. The maximum atomic E-state index is 11.6. The van der Waals surface area contributed by atoms with Gasteiger partial charge in [-0.05, 0) is 27.7 Å². The standard InChI is InChI=1S/C11H17NO5/c1-5-17-11(16)8(4)12-9(13)6(2)7(3)10(14)15/h8H,5H2,1-4H3,(H,12,13)(H,14,15). The Hall–Kier alpha value is -1.85. The summed E-state index contributed by atoms with van der Waals surface area (Å²) in [6.07, 6.45) is 0. The van der Waals surface area contributed by atoms with Crippen LogP contribution in [0.25, 0.3) is 0 Å². The number of carbonyl (C=O) groups excluding carboxylic acids is 2.